The van der Waals surface area contributed by atoms with Crippen LogP contribution in [0.3, 0.4) is 0 Å². The lowest BCUT2D eigenvalue weighted by molar-refractivity contribution is -0.147. The van der Waals surface area contributed by atoms with Gasteiger partial charge in [0.15, 0.2) is 0 Å². The van der Waals surface area contributed by atoms with Crippen molar-refractivity contribution in [3.05, 3.63) is 29.3 Å². The van der Waals surface area contributed by atoms with E-state index in [1.165, 1.54) is 7.11 Å². The number of hydrogen-bond acceptors (Lipinski definition) is 2. The van der Waals surface area contributed by atoms with Crippen molar-refractivity contribution >= 4 is 0 Å². The van der Waals surface area contributed by atoms with Gasteiger partial charge in [0.2, 0.25) is 0 Å². The van der Waals surface area contributed by atoms with Crippen LogP contribution in [0.15, 0.2) is 18.2 Å². The first kappa shape index (κ1) is 12.8. The molecule has 1 unspecified atom stereocenters. The van der Waals surface area contributed by atoms with Gasteiger partial charge in [-0.25, -0.2) is 0 Å². The van der Waals surface area contributed by atoms with Crippen LogP contribution >= 0.6 is 0 Å². The molecule has 1 rings (SSSR count). The van der Waals surface area contributed by atoms with Gasteiger partial charge in [-0.05, 0) is 30.5 Å². The predicted octanol–water partition coefficient (Wildman–Crippen LogP) is 2.44. The van der Waals surface area contributed by atoms with Crippen LogP contribution in [-0.2, 0) is 6.42 Å². The SMILES string of the molecule is COc1cc(CC(N)C(F)(F)F)ccc1C. The van der Waals surface area contributed by atoms with Crippen LogP contribution in [0.2, 0.25) is 0 Å². The van der Waals surface area contributed by atoms with Crippen LogP contribution in [0, 0.1) is 6.92 Å². The number of rotatable bonds is 3. The van der Waals surface area contributed by atoms with E-state index in [1.807, 2.05) is 6.92 Å². The highest BCUT2D eigenvalue weighted by molar-refractivity contribution is 5.36. The molecule has 1 atom stereocenters. The highest BCUT2D eigenvalue weighted by atomic mass is 19.4. The molecule has 0 aromatic heterocycles. The van der Waals surface area contributed by atoms with Crippen molar-refractivity contribution in [2.75, 3.05) is 7.11 Å². The second kappa shape index (κ2) is 4.74. The maximum absolute atomic E-state index is 12.2. The smallest absolute Gasteiger partial charge is 0.403 e. The maximum Gasteiger partial charge on any atom is 0.403 e. The van der Waals surface area contributed by atoms with Crippen LogP contribution < -0.4 is 10.5 Å². The molecule has 0 amide bonds. The van der Waals surface area contributed by atoms with E-state index in [0.29, 0.717) is 11.3 Å². The van der Waals surface area contributed by atoms with Crippen LogP contribution in [-0.4, -0.2) is 19.3 Å². The average Bonchev–Trinajstić information content (AvgIpc) is 2.19. The molecule has 16 heavy (non-hydrogen) atoms. The Morgan fingerprint density at radius 1 is 1.38 bits per heavy atom. The standard InChI is InChI=1S/C11H14F3NO/c1-7-3-4-8(5-9(7)16-2)6-10(15)11(12,13)14/h3-5,10H,6,15H2,1-2H3. The van der Waals surface area contributed by atoms with Crippen LogP contribution in [0.1, 0.15) is 11.1 Å². The summed E-state index contributed by atoms with van der Waals surface area (Å²) in [6.07, 6.45) is -4.60. The molecule has 1 aromatic carbocycles. The lowest BCUT2D eigenvalue weighted by atomic mass is 10.0. The summed E-state index contributed by atoms with van der Waals surface area (Å²) in [6.45, 7) is 1.83. The number of alkyl halides is 3. The molecule has 0 saturated heterocycles. The average molecular weight is 233 g/mol. The van der Waals surface area contributed by atoms with E-state index in [9.17, 15) is 13.2 Å². The fraction of sp³-hybridized carbons (Fsp3) is 0.455. The minimum atomic E-state index is -4.36. The van der Waals surface area contributed by atoms with Gasteiger partial charge in [-0.15, -0.1) is 0 Å². The summed E-state index contributed by atoms with van der Waals surface area (Å²) in [6, 6.07) is 3.10. The third-order valence-corrected chi connectivity index (χ3v) is 2.35. The minimum absolute atomic E-state index is 0.236. The zero-order valence-electron chi connectivity index (χ0n) is 9.14. The number of nitrogens with two attached hydrogens (primary N) is 1. The van der Waals surface area contributed by atoms with Crippen LogP contribution in [0.4, 0.5) is 13.2 Å². The molecule has 0 aliphatic rings. The van der Waals surface area contributed by atoms with Crippen molar-refractivity contribution in [3.63, 3.8) is 0 Å². The molecule has 2 N–H and O–H groups in total. The third kappa shape index (κ3) is 3.13. The number of halogens is 3. The van der Waals surface area contributed by atoms with E-state index < -0.39 is 12.2 Å². The van der Waals surface area contributed by atoms with Gasteiger partial charge in [-0.2, -0.15) is 13.2 Å². The van der Waals surface area contributed by atoms with Gasteiger partial charge in [-0.1, -0.05) is 12.1 Å². The molecule has 0 saturated carbocycles. The Morgan fingerprint density at radius 3 is 2.50 bits per heavy atom. The van der Waals surface area contributed by atoms with Crippen molar-refractivity contribution in [2.24, 2.45) is 5.73 Å². The zero-order valence-corrected chi connectivity index (χ0v) is 9.14. The fourth-order valence-corrected chi connectivity index (χ4v) is 1.36. The molecule has 0 bridgehead atoms. The molecule has 0 aliphatic carbocycles. The van der Waals surface area contributed by atoms with Crippen molar-refractivity contribution in [3.8, 4) is 5.75 Å². The summed E-state index contributed by atoms with van der Waals surface area (Å²) in [7, 11) is 1.48. The van der Waals surface area contributed by atoms with Crippen molar-refractivity contribution in [2.45, 2.75) is 25.6 Å². The zero-order chi connectivity index (χ0) is 12.3. The molecule has 0 radical (unpaired) electrons. The third-order valence-electron chi connectivity index (χ3n) is 2.35. The van der Waals surface area contributed by atoms with Gasteiger partial charge in [0.05, 0.1) is 7.11 Å². The van der Waals surface area contributed by atoms with Crippen molar-refractivity contribution in [1.29, 1.82) is 0 Å². The first-order chi connectivity index (χ1) is 7.34. The lowest BCUT2D eigenvalue weighted by Crippen LogP contribution is -2.39. The van der Waals surface area contributed by atoms with E-state index >= 15 is 0 Å². The fourth-order valence-electron chi connectivity index (χ4n) is 1.36. The Bertz CT molecular complexity index is 363. The minimum Gasteiger partial charge on any atom is -0.496 e. The topological polar surface area (TPSA) is 35.2 Å². The first-order valence-electron chi connectivity index (χ1n) is 4.80. The predicted molar refractivity (Wildman–Crippen MR) is 55.5 cm³/mol. The van der Waals surface area contributed by atoms with Gasteiger partial charge < -0.3 is 10.5 Å². The number of methoxy groups -OCH3 is 1. The molecule has 0 fully saturated rings. The Balaban J connectivity index is 2.82. The maximum atomic E-state index is 12.2. The Kier molecular flexibility index (Phi) is 3.80. The second-order valence-electron chi connectivity index (χ2n) is 3.66. The number of aryl methyl sites for hydroxylation is 1. The second-order valence-corrected chi connectivity index (χ2v) is 3.66. The van der Waals surface area contributed by atoms with Gasteiger partial charge in [-0.3, -0.25) is 0 Å². The molecule has 0 spiro atoms. The van der Waals surface area contributed by atoms with E-state index in [1.54, 1.807) is 18.2 Å². The Morgan fingerprint density at radius 2 is 2.00 bits per heavy atom. The van der Waals surface area contributed by atoms with E-state index in [-0.39, 0.29) is 6.42 Å². The largest absolute Gasteiger partial charge is 0.496 e. The van der Waals surface area contributed by atoms with Gasteiger partial charge >= 0.3 is 6.18 Å². The molecule has 0 heterocycles. The summed E-state index contributed by atoms with van der Waals surface area (Å²) in [5.74, 6) is 0.576. The first-order valence-corrected chi connectivity index (χ1v) is 4.80. The van der Waals surface area contributed by atoms with E-state index in [0.717, 1.165) is 5.56 Å². The summed E-state index contributed by atoms with van der Waals surface area (Å²) in [4.78, 5) is 0. The van der Waals surface area contributed by atoms with E-state index in [4.69, 9.17) is 10.5 Å². The monoisotopic (exact) mass is 233 g/mol. The summed E-state index contributed by atoms with van der Waals surface area (Å²) in [5, 5.41) is 0. The number of ether oxygens (including phenoxy) is 1. The lowest BCUT2D eigenvalue weighted by Gasteiger charge is -2.16. The molecule has 1 aromatic rings. The van der Waals surface area contributed by atoms with Gasteiger partial charge in [0, 0.05) is 0 Å². The van der Waals surface area contributed by atoms with Crippen molar-refractivity contribution in [1.82, 2.24) is 0 Å². The number of benzene rings is 1. The molecular formula is C11H14F3NO. The Labute approximate surface area is 92.2 Å². The Hall–Kier alpha value is -1.23. The molecular weight excluding hydrogens is 219 g/mol. The highest BCUT2D eigenvalue weighted by Crippen LogP contribution is 2.24. The summed E-state index contributed by atoms with van der Waals surface area (Å²) < 4.78 is 41.8. The van der Waals surface area contributed by atoms with Gasteiger partial charge in [0.1, 0.15) is 11.8 Å². The molecule has 90 valence electrons. The van der Waals surface area contributed by atoms with Crippen LogP contribution in [0.25, 0.3) is 0 Å². The quantitative estimate of drug-likeness (QED) is 0.870. The molecule has 0 aliphatic heterocycles. The number of hydrogen-bond donors (Lipinski definition) is 1. The summed E-state index contributed by atoms with van der Waals surface area (Å²) in [5.41, 5.74) is 6.45. The van der Waals surface area contributed by atoms with Crippen LogP contribution in [0.5, 0.6) is 5.75 Å². The highest BCUT2D eigenvalue weighted by Gasteiger charge is 2.36. The van der Waals surface area contributed by atoms with E-state index in [2.05, 4.69) is 0 Å². The normalized spacial score (nSPS) is 13.6. The summed E-state index contributed by atoms with van der Waals surface area (Å²) >= 11 is 0. The molecule has 2 nitrogen and oxygen atoms in total. The van der Waals surface area contributed by atoms with Gasteiger partial charge in [0.25, 0.3) is 0 Å². The van der Waals surface area contributed by atoms with Crippen molar-refractivity contribution < 1.29 is 17.9 Å². The molecule has 5 heteroatoms.